The van der Waals surface area contributed by atoms with Gasteiger partial charge >= 0.3 is 0 Å². The molecular formula is C32H34N5O4S-. The molecular weight excluding hydrogens is 550 g/mol. The van der Waals surface area contributed by atoms with Crippen LogP contribution in [0.5, 0.6) is 5.88 Å². The minimum Gasteiger partial charge on any atom is -0.768 e. The third kappa shape index (κ3) is 7.20. The summed E-state index contributed by atoms with van der Waals surface area (Å²) in [5, 5.41) is 0. The lowest BCUT2D eigenvalue weighted by Crippen LogP contribution is -2.49. The molecule has 10 heteroatoms. The first-order valence-corrected chi connectivity index (χ1v) is 15.0. The van der Waals surface area contributed by atoms with Crippen molar-refractivity contribution < 1.29 is 18.3 Å². The number of nitrogens with two attached hydrogens (primary N) is 1. The number of carbonyl (C=O) groups is 1. The van der Waals surface area contributed by atoms with Crippen LogP contribution in [0.25, 0.3) is 11.3 Å². The van der Waals surface area contributed by atoms with E-state index in [1.165, 1.54) is 17.7 Å². The van der Waals surface area contributed by atoms with Crippen molar-refractivity contribution in [1.29, 1.82) is 0 Å². The van der Waals surface area contributed by atoms with Gasteiger partial charge in [-0.1, -0.05) is 54.6 Å². The van der Waals surface area contributed by atoms with E-state index in [4.69, 9.17) is 10.5 Å². The lowest BCUT2D eigenvalue weighted by molar-refractivity contribution is 0.0472. The number of nitrogen functional groups attached to an aromatic ring is 1. The lowest BCUT2D eigenvalue weighted by atomic mass is 10.00. The van der Waals surface area contributed by atoms with Gasteiger partial charge in [0.05, 0.1) is 12.2 Å². The topological polar surface area (TPSA) is 125 Å². The van der Waals surface area contributed by atoms with Crippen molar-refractivity contribution in [3.05, 3.63) is 101 Å². The molecule has 1 amide bonds. The number of rotatable bonds is 7. The van der Waals surface area contributed by atoms with Gasteiger partial charge in [-0.25, -0.2) is 4.98 Å². The van der Waals surface area contributed by atoms with Gasteiger partial charge in [-0.2, -0.15) is 4.98 Å². The van der Waals surface area contributed by atoms with Crippen molar-refractivity contribution >= 4 is 22.9 Å². The fraction of sp³-hybridized carbons (Fsp3) is 0.281. The molecule has 1 aliphatic heterocycles. The first-order valence-electron chi connectivity index (χ1n) is 13.9. The monoisotopic (exact) mass is 584 g/mol. The number of ether oxygens (including phenoxy) is 1. The second kappa shape index (κ2) is 13.2. The van der Waals surface area contributed by atoms with Gasteiger partial charge in [-0.05, 0) is 66.2 Å². The zero-order valence-corrected chi connectivity index (χ0v) is 24.5. The Morgan fingerprint density at radius 2 is 1.71 bits per heavy atom. The largest absolute Gasteiger partial charge is 0.768 e. The molecule has 2 heterocycles. The summed E-state index contributed by atoms with van der Waals surface area (Å²) in [6.07, 6.45) is 0.324. The number of benzene rings is 3. The van der Waals surface area contributed by atoms with Gasteiger partial charge in [-0.3, -0.25) is 13.9 Å². The molecule has 218 valence electrons. The second-order valence-corrected chi connectivity index (χ2v) is 11.5. The van der Waals surface area contributed by atoms with Gasteiger partial charge in [-0.15, -0.1) is 0 Å². The van der Waals surface area contributed by atoms with Crippen molar-refractivity contribution in [1.82, 2.24) is 19.8 Å². The number of hydrogen-bond acceptors (Lipinski definition) is 8. The normalized spacial score (nSPS) is 16.8. The SMILES string of the molecule is Cc1cccc(C)c1-c1cc(OC2CN(Cc3ccccc3)CCCN(C(=O)c3cccc(S(=O)[O-])c3)C2)nc(N)n1. The predicted molar refractivity (Wildman–Crippen MR) is 162 cm³/mol. The van der Waals surface area contributed by atoms with Crippen molar-refractivity contribution in [2.45, 2.75) is 37.8 Å². The quantitative estimate of drug-likeness (QED) is 0.318. The van der Waals surface area contributed by atoms with Crippen LogP contribution < -0.4 is 10.5 Å². The molecule has 9 nitrogen and oxygen atoms in total. The minimum atomic E-state index is -2.43. The summed E-state index contributed by atoms with van der Waals surface area (Å²) in [5.41, 5.74) is 11.4. The second-order valence-electron chi connectivity index (χ2n) is 10.5. The molecule has 0 bridgehead atoms. The number of amides is 1. The zero-order chi connectivity index (χ0) is 29.6. The third-order valence-electron chi connectivity index (χ3n) is 7.34. The molecule has 4 aromatic rings. The van der Waals surface area contributed by atoms with E-state index in [2.05, 4.69) is 27.0 Å². The van der Waals surface area contributed by atoms with Crippen LogP contribution in [0, 0.1) is 13.8 Å². The van der Waals surface area contributed by atoms with Gasteiger partial charge in [0.1, 0.15) is 6.10 Å². The summed E-state index contributed by atoms with van der Waals surface area (Å²) >= 11 is -2.43. The highest BCUT2D eigenvalue weighted by Crippen LogP contribution is 2.29. The van der Waals surface area contributed by atoms with Gasteiger partial charge in [0.15, 0.2) is 0 Å². The van der Waals surface area contributed by atoms with Crippen LogP contribution in [0.4, 0.5) is 5.95 Å². The van der Waals surface area contributed by atoms with Gasteiger partial charge < -0.3 is 19.9 Å². The van der Waals surface area contributed by atoms with E-state index < -0.39 is 17.2 Å². The Morgan fingerprint density at radius 3 is 2.45 bits per heavy atom. The van der Waals surface area contributed by atoms with E-state index in [0.29, 0.717) is 30.2 Å². The van der Waals surface area contributed by atoms with Gasteiger partial charge in [0.2, 0.25) is 11.8 Å². The summed E-state index contributed by atoms with van der Waals surface area (Å²) in [7, 11) is 0. The van der Waals surface area contributed by atoms with E-state index in [-0.39, 0.29) is 23.3 Å². The zero-order valence-electron chi connectivity index (χ0n) is 23.7. The molecule has 1 aliphatic rings. The Bertz CT molecular complexity index is 1560. The molecule has 1 saturated heterocycles. The molecule has 2 atom stereocenters. The maximum Gasteiger partial charge on any atom is 0.254 e. The minimum absolute atomic E-state index is 0.0743. The molecule has 0 aliphatic carbocycles. The Labute approximate surface area is 248 Å². The van der Waals surface area contributed by atoms with Crippen LogP contribution >= 0.6 is 0 Å². The van der Waals surface area contributed by atoms with E-state index >= 15 is 0 Å². The smallest absolute Gasteiger partial charge is 0.254 e. The lowest BCUT2D eigenvalue weighted by Gasteiger charge is -2.35. The van der Waals surface area contributed by atoms with E-state index in [1.54, 1.807) is 23.1 Å². The Kier molecular flexibility index (Phi) is 9.26. The fourth-order valence-electron chi connectivity index (χ4n) is 5.44. The first kappa shape index (κ1) is 29.4. The molecule has 3 aromatic carbocycles. The number of hydrogen-bond donors (Lipinski definition) is 1. The standard InChI is InChI=1S/C32H35N5O4S/c1-22-9-6-10-23(2)30(22)28-18-29(35-32(33)34-28)41-26-20-36(19-24-11-4-3-5-12-24)15-8-16-37(21-26)31(38)25-13-7-14-27(17-25)42(39)40/h3-7,9-14,17-18,26H,8,15-16,19-21H2,1-2H3,(H,39,40)(H2,33,34,35)/p-1. The fourth-order valence-corrected chi connectivity index (χ4v) is 5.85. The number of anilines is 1. The van der Waals surface area contributed by atoms with Crippen molar-refractivity contribution in [2.24, 2.45) is 0 Å². The van der Waals surface area contributed by atoms with E-state index in [0.717, 1.165) is 36.2 Å². The Morgan fingerprint density at radius 1 is 0.976 bits per heavy atom. The van der Waals surface area contributed by atoms with Crippen molar-refractivity contribution in [3.63, 3.8) is 0 Å². The Balaban J connectivity index is 1.44. The average Bonchev–Trinajstić information content (AvgIpc) is 2.95. The molecule has 0 radical (unpaired) electrons. The van der Waals surface area contributed by atoms with Crippen LogP contribution in [-0.2, 0) is 17.6 Å². The first-order chi connectivity index (χ1) is 20.3. The summed E-state index contributed by atoms with van der Waals surface area (Å²) in [6.45, 7) is 6.88. The van der Waals surface area contributed by atoms with Crippen molar-refractivity contribution in [3.8, 4) is 17.1 Å². The summed E-state index contributed by atoms with van der Waals surface area (Å²) < 4.78 is 29.5. The van der Waals surface area contributed by atoms with Gasteiger partial charge in [0.25, 0.3) is 5.91 Å². The average molecular weight is 585 g/mol. The third-order valence-corrected chi connectivity index (χ3v) is 7.98. The van der Waals surface area contributed by atoms with Crippen LogP contribution in [0.1, 0.15) is 33.5 Å². The summed E-state index contributed by atoms with van der Waals surface area (Å²) in [4.78, 5) is 26.6. The molecule has 2 unspecified atom stereocenters. The highest BCUT2D eigenvalue weighted by molar-refractivity contribution is 7.79. The molecule has 1 aromatic heterocycles. The van der Waals surface area contributed by atoms with Gasteiger partial charge in [0, 0.05) is 48.3 Å². The molecule has 42 heavy (non-hydrogen) atoms. The highest BCUT2D eigenvalue weighted by atomic mass is 32.2. The summed E-state index contributed by atoms with van der Waals surface area (Å²) in [5.74, 6) is 0.194. The molecule has 5 rings (SSSR count). The number of nitrogens with zero attached hydrogens (tertiary/aromatic N) is 4. The van der Waals surface area contributed by atoms with E-state index in [9.17, 15) is 13.6 Å². The highest BCUT2D eigenvalue weighted by Gasteiger charge is 2.27. The number of aromatic nitrogens is 2. The van der Waals surface area contributed by atoms with E-state index in [1.807, 2.05) is 50.2 Å². The van der Waals surface area contributed by atoms with Crippen LogP contribution in [0.15, 0.2) is 83.8 Å². The Hall–Kier alpha value is -4.12. The predicted octanol–water partition coefficient (Wildman–Crippen LogP) is 4.38. The number of aryl methyl sites for hydroxylation is 2. The van der Waals surface area contributed by atoms with Crippen LogP contribution in [0.2, 0.25) is 0 Å². The molecule has 1 fully saturated rings. The maximum absolute atomic E-state index is 13.6. The van der Waals surface area contributed by atoms with Crippen molar-refractivity contribution in [2.75, 3.05) is 31.9 Å². The van der Waals surface area contributed by atoms with Crippen LogP contribution in [0.3, 0.4) is 0 Å². The molecule has 0 spiro atoms. The number of carbonyl (C=O) groups excluding carboxylic acids is 1. The maximum atomic E-state index is 13.6. The molecule has 2 N–H and O–H groups in total. The van der Waals surface area contributed by atoms with Crippen LogP contribution in [-0.4, -0.2) is 66.7 Å². The summed E-state index contributed by atoms with van der Waals surface area (Å²) in [6, 6.07) is 24.2. The molecule has 0 saturated carbocycles.